The third-order valence-electron chi connectivity index (χ3n) is 2.36. The zero-order valence-electron chi connectivity index (χ0n) is 9.82. The van der Waals surface area contributed by atoms with Crippen LogP contribution in [-0.4, -0.2) is 21.1 Å². The van der Waals surface area contributed by atoms with Crippen LogP contribution in [0.4, 0.5) is 5.69 Å². The normalized spacial score (nSPS) is 10.2. The molecule has 5 heteroatoms. The van der Waals surface area contributed by atoms with E-state index in [1.54, 1.807) is 0 Å². The summed E-state index contributed by atoms with van der Waals surface area (Å²) in [6, 6.07) is 7.49. The SMILES string of the molecule is CCC(=O)Nc1ccccc1-c1n[nH]c(C)n1. The molecule has 0 aliphatic rings. The van der Waals surface area contributed by atoms with E-state index in [4.69, 9.17) is 0 Å². The van der Waals surface area contributed by atoms with Gasteiger partial charge in [-0.2, -0.15) is 5.10 Å². The number of aromatic nitrogens is 3. The van der Waals surface area contributed by atoms with Crippen LogP contribution in [-0.2, 0) is 4.79 Å². The van der Waals surface area contributed by atoms with E-state index in [1.807, 2.05) is 38.1 Å². The quantitative estimate of drug-likeness (QED) is 0.848. The Kier molecular flexibility index (Phi) is 3.18. The van der Waals surface area contributed by atoms with Crippen molar-refractivity contribution in [1.82, 2.24) is 15.2 Å². The summed E-state index contributed by atoms with van der Waals surface area (Å²) in [6.07, 6.45) is 0.446. The molecule has 0 aliphatic heterocycles. The molecule has 88 valence electrons. The summed E-state index contributed by atoms with van der Waals surface area (Å²) >= 11 is 0. The second-order valence-corrected chi connectivity index (χ2v) is 3.69. The summed E-state index contributed by atoms with van der Waals surface area (Å²) < 4.78 is 0. The van der Waals surface area contributed by atoms with Crippen molar-refractivity contribution in [3.05, 3.63) is 30.1 Å². The van der Waals surface area contributed by atoms with Crippen molar-refractivity contribution >= 4 is 11.6 Å². The largest absolute Gasteiger partial charge is 0.325 e. The number of benzene rings is 1. The highest BCUT2D eigenvalue weighted by Gasteiger charge is 2.10. The average molecular weight is 230 g/mol. The molecule has 0 fully saturated rings. The Balaban J connectivity index is 2.37. The van der Waals surface area contributed by atoms with Crippen molar-refractivity contribution in [3.8, 4) is 11.4 Å². The summed E-state index contributed by atoms with van der Waals surface area (Å²) in [5, 5.41) is 9.72. The van der Waals surface area contributed by atoms with Gasteiger partial charge in [0.05, 0.1) is 5.69 Å². The third-order valence-corrected chi connectivity index (χ3v) is 2.36. The van der Waals surface area contributed by atoms with Gasteiger partial charge in [-0.05, 0) is 19.1 Å². The predicted molar refractivity (Wildman–Crippen MR) is 65.5 cm³/mol. The van der Waals surface area contributed by atoms with Crippen LogP contribution in [0.5, 0.6) is 0 Å². The smallest absolute Gasteiger partial charge is 0.224 e. The maximum atomic E-state index is 11.4. The summed E-state index contributed by atoms with van der Waals surface area (Å²) in [7, 11) is 0. The lowest BCUT2D eigenvalue weighted by Crippen LogP contribution is -2.10. The number of aromatic amines is 1. The summed E-state index contributed by atoms with van der Waals surface area (Å²) in [4.78, 5) is 15.7. The molecule has 1 aromatic heterocycles. The van der Waals surface area contributed by atoms with E-state index >= 15 is 0 Å². The molecular weight excluding hydrogens is 216 g/mol. The van der Waals surface area contributed by atoms with Crippen LogP contribution in [0, 0.1) is 6.92 Å². The number of hydrogen-bond acceptors (Lipinski definition) is 3. The molecule has 17 heavy (non-hydrogen) atoms. The minimum Gasteiger partial charge on any atom is -0.325 e. The number of H-pyrrole nitrogens is 1. The van der Waals surface area contributed by atoms with Crippen LogP contribution >= 0.6 is 0 Å². The Morgan fingerprint density at radius 2 is 2.18 bits per heavy atom. The first-order valence-electron chi connectivity index (χ1n) is 5.49. The van der Waals surface area contributed by atoms with Crippen molar-refractivity contribution < 1.29 is 4.79 Å². The van der Waals surface area contributed by atoms with E-state index in [-0.39, 0.29) is 5.91 Å². The Morgan fingerprint density at radius 1 is 1.41 bits per heavy atom. The fourth-order valence-corrected chi connectivity index (χ4v) is 1.49. The molecule has 0 bridgehead atoms. The molecule has 2 N–H and O–H groups in total. The van der Waals surface area contributed by atoms with Gasteiger partial charge in [0.2, 0.25) is 5.91 Å². The van der Waals surface area contributed by atoms with Crippen LogP contribution < -0.4 is 5.32 Å². The molecule has 5 nitrogen and oxygen atoms in total. The lowest BCUT2D eigenvalue weighted by molar-refractivity contribution is -0.115. The van der Waals surface area contributed by atoms with Crippen molar-refractivity contribution in [2.24, 2.45) is 0 Å². The maximum Gasteiger partial charge on any atom is 0.224 e. The second kappa shape index (κ2) is 4.78. The molecule has 0 saturated heterocycles. The zero-order chi connectivity index (χ0) is 12.3. The Morgan fingerprint density at radius 3 is 2.82 bits per heavy atom. The van der Waals surface area contributed by atoms with Crippen molar-refractivity contribution in [1.29, 1.82) is 0 Å². The fourth-order valence-electron chi connectivity index (χ4n) is 1.49. The number of amides is 1. The fraction of sp³-hybridized carbons (Fsp3) is 0.250. The molecule has 0 spiro atoms. The lowest BCUT2D eigenvalue weighted by atomic mass is 10.1. The first kappa shape index (κ1) is 11.3. The third kappa shape index (κ3) is 2.50. The number of nitrogens with zero attached hydrogens (tertiary/aromatic N) is 2. The molecule has 0 unspecified atom stereocenters. The molecule has 0 radical (unpaired) electrons. The number of para-hydroxylation sites is 1. The number of carbonyl (C=O) groups excluding carboxylic acids is 1. The molecule has 1 amide bonds. The van der Waals surface area contributed by atoms with Crippen LogP contribution in [0.2, 0.25) is 0 Å². The van der Waals surface area contributed by atoms with Crippen LogP contribution in [0.25, 0.3) is 11.4 Å². The van der Waals surface area contributed by atoms with Gasteiger partial charge >= 0.3 is 0 Å². The van der Waals surface area contributed by atoms with Crippen LogP contribution in [0.15, 0.2) is 24.3 Å². The van der Waals surface area contributed by atoms with Gasteiger partial charge in [0.1, 0.15) is 5.82 Å². The monoisotopic (exact) mass is 230 g/mol. The number of aryl methyl sites for hydroxylation is 1. The Bertz CT molecular complexity index is 533. The molecule has 0 aliphatic carbocycles. The van der Waals surface area contributed by atoms with Gasteiger partial charge in [0.15, 0.2) is 5.82 Å². The first-order chi connectivity index (χ1) is 8.20. The Labute approximate surface area is 99.3 Å². The summed E-state index contributed by atoms with van der Waals surface area (Å²) in [6.45, 7) is 3.65. The molecular formula is C12H14N4O. The number of nitrogens with one attached hydrogen (secondary N) is 2. The zero-order valence-corrected chi connectivity index (χ0v) is 9.82. The highest BCUT2D eigenvalue weighted by Crippen LogP contribution is 2.24. The predicted octanol–water partition coefficient (Wildman–Crippen LogP) is 2.13. The molecule has 1 aromatic carbocycles. The van der Waals surface area contributed by atoms with Crippen molar-refractivity contribution in [2.75, 3.05) is 5.32 Å². The summed E-state index contributed by atoms with van der Waals surface area (Å²) in [5.74, 6) is 1.32. The number of hydrogen-bond donors (Lipinski definition) is 2. The van der Waals surface area contributed by atoms with E-state index < -0.39 is 0 Å². The van der Waals surface area contributed by atoms with Gasteiger partial charge in [-0.1, -0.05) is 19.1 Å². The maximum absolute atomic E-state index is 11.4. The van der Waals surface area contributed by atoms with E-state index in [2.05, 4.69) is 20.5 Å². The number of anilines is 1. The Hall–Kier alpha value is -2.17. The van der Waals surface area contributed by atoms with E-state index in [0.717, 1.165) is 17.1 Å². The van der Waals surface area contributed by atoms with Gasteiger partial charge in [-0.25, -0.2) is 4.98 Å². The topological polar surface area (TPSA) is 70.7 Å². The van der Waals surface area contributed by atoms with Crippen LogP contribution in [0.1, 0.15) is 19.2 Å². The molecule has 2 aromatic rings. The van der Waals surface area contributed by atoms with Gasteiger partial charge in [0.25, 0.3) is 0 Å². The number of rotatable bonds is 3. The number of carbonyl (C=O) groups is 1. The van der Waals surface area contributed by atoms with Crippen molar-refractivity contribution in [3.63, 3.8) is 0 Å². The van der Waals surface area contributed by atoms with E-state index in [9.17, 15) is 4.79 Å². The van der Waals surface area contributed by atoms with E-state index in [0.29, 0.717) is 12.2 Å². The first-order valence-corrected chi connectivity index (χ1v) is 5.49. The lowest BCUT2D eigenvalue weighted by Gasteiger charge is -2.07. The minimum atomic E-state index is -0.0234. The molecule has 0 atom stereocenters. The molecule has 1 heterocycles. The highest BCUT2D eigenvalue weighted by molar-refractivity contribution is 5.94. The average Bonchev–Trinajstić information content (AvgIpc) is 2.76. The van der Waals surface area contributed by atoms with Gasteiger partial charge < -0.3 is 5.32 Å². The van der Waals surface area contributed by atoms with Gasteiger partial charge in [-0.3, -0.25) is 9.89 Å². The standard InChI is InChI=1S/C12H14N4O/c1-3-11(17)14-10-7-5-4-6-9(10)12-13-8(2)15-16-12/h4-7H,3H2,1-2H3,(H,14,17)(H,13,15,16). The highest BCUT2D eigenvalue weighted by atomic mass is 16.1. The molecule has 2 rings (SSSR count). The second-order valence-electron chi connectivity index (χ2n) is 3.69. The minimum absolute atomic E-state index is 0.0234. The molecule has 0 saturated carbocycles. The van der Waals surface area contributed by atoms with Gasteiger partial charge in [0, 0.05) is 12.0 Å². The van der Waals surface area contributed by atoms with Crippen molar-refractivity contribution in [2.45, 2.75) is 20.3 Å². The summed E-state index contributed by atoms with van der Waals surface area (Å²) in [5.41, 5.74) is 1.55. The van der Waals surface area contributed by atoms with E-state index in [1.165, 1.54) is 0 Å². The van der Waals surface area contributed by atoms with Crippen LogP contribution in [0.3, 0.4) is 0 Å². The van der Waals surface area contributed by atoms with Gasteiger partial charge in [-0.15, -0.1) is 0 Å².